The van der Waals surface area contributed by atoms with E-state index in [1.54, 1.807) is 19.1 Å². The first-order chi connectivity index (χ1) is 14.2. The molecule has 1 aliphatic heterocycles. The summed E-state index contributed by atoms with van der Waals surface area (Å²) in [5.74, 6) is -1.66. The van der Waals surface area contributed by atoms with Crippen molar-refractivity contribution in [2.24, 2.45) is 0 Å². The molecule has 1 aromatic heterocycles. The van der Waals surface area contributed by atoms with Crippen LogP contribution in [0, 0.1) is 0 Å². The Labute approximate surface area is 170 Å². The van der Waals surface area contributed by atoms with Crippen LogP contribution in [0.3, 0.4) is 0 Å². The first-order valence-corrected chi connectivity index (χ1v) is 9.15. The van der Waals surface area contributed by atoms with E-state index in [1.165, 1.54) is 24.0 Å². The number of ether oxygens (including phenoxy) is 1. The summed E-state index contributed by atoms with van der Waals surface area (Å²) in [5, 5.41) is 11.8. The van der Waals surface area contributed by atoms with Crippen LogP contribution in [0.1, 0.15) is 24.2 Å². The van der Waals surface area contributed by atoms with Gasteiger partial charge in [0.15, 0.2) is 0 Å². The van der Waals surface area contributed by atoms with E-state index >= 15 is 0 Å². The number of benzene rings is 1. The maximum absolute atomic E-state index is 12.6. The SMILES string of the molecule is CCn1c(=O)c(C(=O)O)cn(-c2ccc(N3C[C@H](CNC(C)=O)OC3=O)cc2)c1=O. The molecule has 1 aromatic carbocycles. The third kappa shape index (κ3) is 3.95. The minimum Gasteiger partial charge on any atom is -0.477 e. The fourth-order valence-electron chi connectivity index (χ4n) is 3.10. The van der Waals surface area contributed by atoms with Gasteiger partial charge in [0.2, 0.25) is 5.91 Å². The van der Waals surface area contributed by atoms with Crippen LogP contribution >= 0.6 is 0 Å². The Morgan fingerprint density at radius 2 is 1.80 bits per heavy atom. The van der Waals surface area contributed by atoms with E-state index in [1.807, 2.05) is 0 Å². The van der Waals surface area contributed by atoms with E-state index in [-0.39, 0.29) is 25.5 Å². The van der Waals surface area contributed by atoms with Crippen LogP contribution in [0.5, 0.6) is 0 Å². The summed E-state index contributed by atoms with van der Waals surface area (Å²) in [7, 11) is 0. The molecule has 158 valence electrons. The van der Waals surface area contributed by atoms with E-state index in [0.717, 1.165) is 15.3 Å². The summed E-state index contributed by atoms with van der Waals surface area (Å²) in [6.45, 7) is 3.39. The number of hydrogen-bond acceptors (Lipinski definition) is 6. The maximum Gasteiger partial charge on any atom is 0.414 e. The maximum atomic E-state index is 12.6. The summed E-state index contributed by atoms with van der Waals surface area (Å²) in [4.78, 5) is 60.6. The third-order valence-electron chi connectivity index (χ3n) is 4.61. The normalized spacial score (nSPS) is 15.7. The number of carbonyl (C=O) groups is 3. The van der Waals surface area contributed by atoms with Gasteiger partial charge < -0.3 is 15.2 Å². The third-order valence-corrected chi connectivity index (χ3v) is 4.61. The number of amides is 2. The summed E-state index contributed by atoms with van der Waals surface area (Å²) in [6, 6.07) is 6.21. The van der Waals surface area contributed by atoms with Crippen molar-refractivity contribution in [3.8, 4) is 5.69 Å². The predicted octanol–water partition coefficient (Wildman–Crippen LogP) is 0.179. The molecular formula is C19H20N4O7. The number of cyclic esters (lactones) is 1. The van der Waals surface area contributed by atoms with Crippen molar-refractivity contribution in [2.45, 2.75) is 26.5 Å². The number of rotatable bonds is 6. The number of hydrogen-bond donors (Lipinski definition) is 2. The highest BCUT2D eigenvalue weighted by Crippen LogP contribution is 2.22. The molecule has 2 heterocycles. The van der Waals surface area contributed by atoms with Crippen LogP contribution in [0.15, 0.2) is 40.1 Å². The van der Waals surface area contributed by atoms with Crippen LogP contribution < -0.4 is 21.5 Å². The second-order valence-corrected chi connectivity index (χ2v) is 6.62. The van der Waals surface area contributed by atoms with Crippen LogP contribution in [-0.2, 0) is 16.1 Å². The van der Waals surface area contributed by atoms with Gasteiger partial charge in [-0.25, -0.2) is 14.4 Å². The number of aromatic nitrogens is 2. The van der Waals surface area contributed by atoms with E-state index in [4.69, 9.17) is 4.74 Å². The number of carboxylic acids is 1. The van der Waals surface area contributed by atoms with Gasteiger partial charge in [-0.1, -0.05) is 0 Å². The Kier molecular flexibility index (Phi) is 5.72. The molecule has 2 aromatic rings. The molecule has 0 bridgehead atoms. The molecule has 11 nitrogen and oxygen atoms in total. The number of nitrogens with zero attached hydrogens (tertiary/aromatic N) is 3. The molecule has 0 saturated carbocycles. The van der Waals surface area contributed by atoms with Crippen molar-refractivity contribution >= 4 is 23.7 Å². The molecule has 30 heavy (non-hydrogen) atoms. The van der Waals surface area contributed by atoms with Gasteiger partial charge >= 0.3 is 17.8 Å². The molecule has 3 rings (SSSR count). The van der Waals surface area contributed by atoms with Gasteiger partial charge in [0.1, 0.15) is 11.7 Å². The molecule has 1 fully saturated rings. The lowest BCUT2D eigenvalue weighted by Gasteiger charge is -2.15. The standard InChI is InChI=1S/C19H20N4O7/c1-3-21-16(25)15(17(26)27)10-22(18(21)28)12-4-6-13(7-5-12)23-9-14(30-19(23)29)8-20-11(2)24/h4-7,10,14H,3,8-9H2,1-2H3,(H,20,24)(H,26,27)/t14-/m0/s1. The first kappa shape index (κ1) is 20.8. The highest BCUT2D eigenvalue weighted by molar-refractivity contribution is 5.90. The van der Waals surface area contributed by atoms with Crippen molar-refractivity contribution in [2.75, 3.05) is 18.0 Å². The predicted molar refractivity (Wildman–Crippen MR) is 105 cm³/mol. The van der Waals surface area contributed by atoms with Gasteiger partial charge in [-0.2, -0.15) is 0 Å². The Bertz CT molecular complexity index is 1120. The quantitative estimate of drug-likeness (QED) is 0.684. The van der Waals surface area contributed by atoms with Gasteiger partial charge in [0.05, 0.1) is 18.8 Å². The Hall–Kier alpha value is -3.89. The zero-order valence-corrected chi connectivity index (χ0v) is 16.3. The Balaban J connectivity index is 1.90. The molecule has 1 atom stereocenters. The summed E-state index contributed by atoms with van der Waals surface area (Å²) >= 11 is 0. The van der Waals surface area contributed by atoms with Crippen molar-refractivity contribution in [3.05, 3.63) is 56.9 Å². The average Bonchev–Trinajstić information content (AvgIpc) is 3.07. The fourth-order valence-corrected chi connectivity index (χ4v) is 3.10. The molecule has 0 spiro atoms. The zero-order valence-electron chi connectivity index (χ0n) is 16.3. The van der Waals surface area contributed by atoms with Gasteiger partial charge in [0.25, 0.3) is 5.56 Å². The van der Waals surface area contributed by atoms with Crippen LogP contribution in [0.25, 0.3) is 5.69 Å². The number of nitrogens with one attached hydrogen (secondary N) is 1. The molecule has 11 heteroatoms. The van der Waals surface area contributed by atoms with Crippen molar-refractivity contribution in [3.63, 3.8) is 0 Å². The Morgan fingerprint density at radius 1 is 1.17 bits per heavy atom. The lowest BCUT2D eigenvalue weighted by Crippen LogP contribution is -2.41. The Morgan fingerprint density at radius 3 is 2.37 bits per heavy atom. The molecule has 0 unspecified atom stereocenters. The topological polar surface area (TPSA) is 140 Å². The molecule has 0 aliphatic carbocycles. The molecule has 1 aliphatic rings. The zero-order chi connectivity index (χ0) is 22.0. The molecule has 1 saturated heterocycles. The van der Waals surface area contributed by atoms with E-state index in [2.05, 4.69) is 5.32 Å². The van der Waals surface area contributed by atoms with Gasteiger partial charge in [-0.15, -0.1) is 0 Å². The van der Waals surface area contributed by atoms with E-state index in [9.17, 15) is 29.1 Å². The monoisotopic (exact) mass is 416 g/mol. The molecule has 2 N–H and O–H groups in total. The lowest BCUT2D eigenvalue weighted by atomic mass is 10.2. The smallest absolute Gasteiger partial charge is 0.414 e. The van der Waals surface area contributed by atoms with Crippen molar-refractivity contribution in [1.29, 1.82) is 0 Å². The minimum atomic E-state index is -1.43. The van der Waals surface area contributed by atoms with Crippen LogP contribution in [0.2, 0.25) is 0 Å². The van der Waals surface area contributed by atoms with Crippen molar-refractivity contribution in [1.82, 2.24) is 14.5 Å². The van der Waals surface area contributed by atoms with Gasteiger partial charge in [-0.3, -0.25) is 23.6 Å². The largest absolute Gasteiger partial charge is 0.477 e. The minimum absolute atomic E-state index is 0.0200. The van der Waals surface area contributed by atoms with Gasteiger partial charge in [-0.05, 0) is 31.2 Å². The second kappa shape index (κ2) is 8.23. The highest BCUT2D eigenvalue weighted by Gasteiger charge is 2.32. The molecule has 2 amide bonds. The number of anilines is 1. The average molecular weight is 416 g/mol. The van der Waals surface area contributed by atoms with Crippen LogP contribution in [-0.4, -0.2) is 51.4 Å². The second-order valence-electron chi connectivity index (χ2n) is 6.62. The molecule has 0 radical (unpaired) electrons. The summed E-state index contributed by atoms with van der Waals surface area (Å²) in [6.07, 6.45) is -0.0697. The fraction of sp³-hybridized carbons (Fsp3) is 0.316. The van der Waals surface area contributed by atoms with E-state index < -0.39 is 35.0 Å². The summed E-state index contributed by atoms with van der Waals surface area (Å²) in [5.41, 5.74) is -1.23. The summed E-state index contributed by atoms with van der Waals surface area (Å²) < 4.78 is 7.12. The lowest BCUT2D eigenvalue weighted by molar-refractivity contribution is -0.119. The first-order valence-electron chi connectivity index (χ1n) is 9.15. The van der Waals surface area contributed by atoms with Crippen LogP contribution in [0.4, 0.5) is 10.5 Å². The van der Waals surface area contributed by atoms with E-state index in [0.29, 0.717) is 11.4 Å². The highest BCUT2D eigenvalue weighted by atomic mass is 16.6. The number of carboxylic acid groups (broad SMARTS) is 1. The van der Waals surface area contributed by atoms with Gasteiger partial charge in [0, 0.05) is 25.4 Å². The van der Waals surface area contributed by atoms with Crippen molar-refractivity contribution < 1.29 is 24.2 Å². The number of aromatic carboxylic acids is 1. The molecular weight excluding hydrogens is 396 g/mol. The number of carbonyl (C=O) groups excluding carboxylic acids is 2.